The van der Waals surface area contributed by atoms with Gasteiger partial charge in [-0.3, -0.25) is 0 Å². The van der Waals surface area contributed by atoms with Gasteiger partial charge in [-0.25, -0.2) is 4.39 Å². The van der Waals surface area contributed by atoms with Crippen LogP contribution < -0.4 is 5.32 Å². The van der Waals surface area contributed by atoms with Crippen molar-refractivity contribution in [1.29, 1.82) is 0 Å². The Balaban J connectivity index is 2.81. The number of benzene rings is 1. The van der Waals surface area contributed by atoms with Crippen molar-refractivity contribution < 1.29 is 4.39 Å². The van der Waals surface area contributed by atoms with E-state index in [1.807, 2.05) is 12.1 Å². The molecule has 1 rings (SSSR count). The highest BCUT2D eigenvalue weighted by atomic mass is 19.1. The number of hydrogen-bond acceptors (Lipinski definition) is 1. The molecular formula is C13H20FN. The van der Waals surface area contributed by atoms with E-state index in [0.29, 0.717) is 6.04 Å². The van der Waals surface area contributed by atoms with E-state index in [4.69, 9.17) is 0 Å². The lowest BCUT2D eigenvalue weighted by atomic mass is 9.84. The molecule has 0 fully saturated rings. The van der Waals surface area contributed by atoms with Crippen LogP contribution in [0.25, 0.3) is 0 Å². The van der Waals surface area contributed by atoms with Crippen molar-refractivity contribution in [3.63, 3.8) is 0 Å². The smallest absolute Gasteiger partial charge is 0.126 e. The summed E-state index contributed by atoms with van der Waals surface area (Å²) in [5, 5.41) is 3.34. The van der Waals surface area contributed by atoms with Crippen LogP contribution in [-0.2, 0) is 5.41 Å². The monoisotopic (exact) mass is 209 g/mol. The van der Waals surface area contributed by atoms with Crippen LogP contribution in [-0.4, -0.2) is 12.6 Å². The number of rotatable bonds is 4. The van der Waals surface area contributed by atoms with Crippen LogP contribution in [0.15, 0.2) is 24.3 Å². The molecule has 1 aromatic carbocycles. The van der Waals surface area contributed by atoms with E-state index in [-0.39, 0.29) is 11.2 Å². The fourth-order valence-electron chi connectivity index (χ4n) is 1.56. The normalized spacial score (nSPS) is 12.1. The highest BCUT2D eigenvalue weighted by Crippen LogP contribution is 2.24. The van der Waals surface area contributed by atoms with Gasteiger partial charge in [0.25, 0.3) is 0 Å². The second-order valence-corrected chi connectivity index (χ2v) is 4.90. The maximum absolute atomic E-state index is 13.6. The first-order valence-corrected chi connectivity index (χ1v) is 5.42. The molecule has 0 unspecified atom stereocenters. The molecule has 0 atom stereocenters. The molecular weight excluding hydrogens is 189 g/mol. The molecule has 1 aromatic rings. The molecule has 0 spiro atoms. The predicted molar refractivity (Wildman–Crippen MR) is 62.6 cm³/mol. The third kappa shape index (κ3) is 3.31. The summed E-state index contributed by atoms with van der Waals surface area (Å²) in [6, 6.07) is 7.42. The summed E-state index contributed by atoms with van der Waals surface area (Å²) in [6.07, 6.45) is 0. The minimum atomic E-state index is -0.171. The maximum Gasteiger partial charge on any atom is 0.126 e. The fraction of sp³-hybridized carbons (Fsp3) is 0.538. The zero-order chi connectivity index (χ0) is 11.5. The Labute approximate surface area is 91.7 Å². The number of hydrogen-bond donors (Lipinski definition) is 1. The first-order valence-electron chi connectivity index (χ1n) is 5.42. The Bertz CT molecular complexity index is 318. The summed E-state index contributed by atoms with van der Waals surface area (Å²) in [7, 11) is 0. The maximum atomic E-state index is 13.6. The van der Waals surface area contributed by atoms with E-state index < -0.39 is 0 Å². The molecule has 0 bridgehead atoms. The van der Waals surface area contributed by atoms with E-state index in [0.717, 1.165) is 12.1 Å². The average Bonchev–Trinajstić information content (AvgIpc) is 2.15. The Hall–Kier alpha value is -0.890. The highest BCUT2D eigenvalue weighted by molar-refractivity contribution is 5.25. The summed E-state index contributed by atoms with van der Waals surface area (Å²) in [6.45, 7) is 9.09. The minimum Gasteiger partial charge on any atom is -0.314 e. The van der Waals surface area contributed by atoms with E-state index in [9.17, 15) is 4.39 Å². The molecule has 0 aliphatic carbocycles. The van der Waals surface area contributed by atoms with Crippen LogP contribution in [0, 0.1) is 5.82 Å². The Kier molecular flexibility index (Phi) is 3.86. The summed E-state index contributed by atoms with van der Waals surface area (Å²) >= 11 is 0. The van der Waals surface area contributed by atoms with Crippen molar-refractivity contribution >= 4 is 0 Å². The van der Waals surface area contributed by atoms with Gasteiger partial charge in [-0.05, 0) is 11.6 Å². The molecule has 1 N–H and O–H groups in total. The standard InChI is InChI=1S/C13H20FN/c1-10(2)15-9-13(3,4)11-7-5-6-8-12(11)14/h5-8,10,15H,9H2,1-4H3. The van der Waals surface area contributed by atoms with Crippen molar-refractivity contribution in [1.82, 2.24) is 5.32 Å². The van der Waals surface area contributed by atoms with Gasteiger partial charge < -0.3 is 5.32 Å². The second-order valence-electron chi connectivity index (χ2n) is 4.90. The largest absolute Gasteiger partial charge is 0.314 e. The molecule has 84 valence electrons. The van der Waals surface area contributed by atoms with E-state index in [1.54, 1.807) is 6.07 Å². The van der Waals surface area contributed by atoms with Crippen LogP contribution in [0.4, 0.5) is 4.39 Å². The molecule has 15 heavy (non-hydrogen) atoms. The lowest BCUT2D eigenvalue weighted by Crippen LogP contribution is -2.37. The Morgan fingerprint density at radius 2 is 1.87 bits per heavy atom. The third-order valence-electron chi connectivity index (χ3n) is 2.56. The molecule has 0 saturated carbocycles. The molecule has 0 aliphatic heterocycles. The van der Waals surface area contributed by atoms with E-state index >= 15 is 0 Å². The van der Waals surface area contributed by atoms with Crippen LogP contribution in [0.3, 0.4) is 0 Å². The van der Waals surface area contributed by atoms with Crippen molar-refractivity contribution in [2.24, 2.45) is 0 Å². The van der Waals surface area contributed by atoms with Crippen LogP contribution in [0.2, 0.25) is 0 Å². The molecule has 0 saturated heterocycles. The third-order valence-corrected chi connectivity index (χ3v) is 2.56. The zero-order valence-electron chi connectivity index (χ0n) is 9.97. The first kappa shape index (κ1) is 12.2. The summed E-state index contributed by atoms with van der Waals surface area (Å²) in [5.74, 6) is -0.118. The zero-order valence-corrected chi connectivity index (χ0v) is 9.97. The van der Waals surface area contributed by atoms with Crippen molar-refractivity contribution in [3.05, 3.63) is 35.6 Å². The van der Waals surface area contributed by atoms with E-state index in [1.165, 1.54) is 6.07 Å². The van der Waals surface area contributed by atoms with Gasteiger partial charge in [-0.1, -0.05) is 45.9 Å². The van der Waals surface area contributed by atoms with E-state index in [2.05, 4.69) is 33.0 Å². The van der Waals surface area contributed by atoms with Gasteiger partial charge in [0, 0.05) is 18.0 Å². The van der Waals surface area contributed by atoms with Gasteiger partial charge in [0.05, 0.1) is 0 Å². The fourth-order valence-corrected chi connectivity index (χ4v) is 1.56. The predicted octanol–water partition coefficient (Wildman–Crippen LogP) is 3.10. The number of halogens is 1. The van der Waals surface area contributed by atoms with Gasteiger partial charge in [-0.2, -0.15) is 0 Å². The number of nitrogens with one attached hydrogen (secondary N) is 1. The Morgan fingerprint density at radius 3 is 2.40 bits per heavy atom. The van der Waals surface area contributed by atoms with Gasteiger partial charge in [-0.15, -0.1) is 0 Å². The Morgan fingerprint density at radius 1 is 1.27 bits per heavy atom. The molecule has 0 aliphatic rings. The molecule has 0 heterocycles. The molecule has 0 aromatic heterocycles. The second kappa shape index (κ2) is 4.75. The summed E-state index contributed by atoms with van der Waals surface area (Å²) < 4.78 is 13.6. The summed E-state index contributed by atoms with van der Waals surface area (Å²) in [4.78, 5) is 0. The van der Waals surface area contributed by atoms with Crippen molar-refractivity contribution in [2.75, 3.05) is 6.54 Å². The topological polar surface area (TPSA) is 12.0 Å². The van der Waals surface area contributed by atoms with Gasteiger partial charge in [0.2, 0.25) is 0 Å². The quantitative estimate of drug-likeness (QED) is 0.803. The van der Waals surface area contributed by atoms with Gasteiger partial charge in [0.1, 0.15) is 5.82 Å². The first-order chi connectivity index (χ1) is 6.93. The van der Waals surface area contributed by atoms with Crippen LogP contribution in [0.1, 0.15) is 33.3 Å². The molecule has 1 nitrogen and oxygen atoms in total. The SMILES string of the molecule is CC(C)NCC(C)(C)c1ccccc1F. The highest BCUT2D eigenvalue weighted by Gasteiger charge is 2.23. The summed E-state index contributed by atoms with van der Waals surface area (Å²) in [5.41, 5.74) is 0.605. The van der Waals surface area contributed by atoms with Crippen molar-refractivity contribution in [3.8, 4) is 0 Å². The molecule has 0 radical (unpaired) electrons. The van der Waals surface area contributed by atoms with Crippen LogP contribution in [0.5, 0.6) is 0 Å². The molecule has 0 amide bonds. The van der Waals surface area contributed by atoms with Gasteiger partial charge in [0.15, 0.2) is 0 Å². The lowest BCUT2D eigenvalue weighted by Gasteiger charge is -2.27. The minimum absolute atomic E-state index is 0.118. The van der Waals surface area contributed by atoms with Crippen molar-refractivity contribution in [2.45, 2.75) is 39.2 Å². The lowest BCUT2D eigenvalue weighted by molar-refractivity contribution is 0.423. The van der Waals surface area contributed by atoms with Crippen LogP contribution >= 0.6 is 0 Å². The van der Waals surface area contributed by atoms with Gasteiger partial charge >= 0.3 is 0 Å². The molecule has 2 heteroatoms. The average molecular weight is 209 g/mol.